The van der Waals surface area contributed by atoms with Crippen molar-refractivity contribution in [3.05, 3.63) is 0 Å². The van der Waals surface area contributed by atoms with Crippen molar-refractivity contribution in [1.82, 2.24) is 4.90 Å². The number of rotatable bonds is 0. The Hall–Kier alpha value is 0.370. The lowest BCUT2D eigenvalue weighted by Gasteiger charge is -2.05. The second-order valence-corrected chi connectivity index (χ2v) is 15.8. The van der Waals surface area contributed by atoms with Crippen LogP contribution >= 0.6 is 11.8 Å². The van der Waals surface area contributed by atoms with Gasteiger partial charge in [-0.05, 0) is 50.9 Å². The molecule has 0 aromatic rings. The standard InChI is InChI=1S/C5H12.2C4H10.C3H9N.C3H8.C2H6O2S.C2H6OS.C2H6O.C2H6S/c1-5(2,3)4;3*1-4(2)3;1-3-2;1-5(2,3)4;1-4(2)3;2*1-3-2/h1-4H3;2*4H,1-3H3;1-3H3;3H2,1-2H3;1-2H3;1-2H3;2*1-2H3. The van der Waals surface area contributed by atoms with E-state index in [0.717, 1.165) is 24.3 Å². The molecule has 0 saturated carbocycles. The van der Waals surface area contributed by atoms with Gasteiger partial charge in [0.2, 0.25) is 0 Å². The second-order valence-electron chi connectivity index (χ2n) is 11.2. The zero-order valence-electron chi connectivity index (χ0n) is 28.7. The lowest BCUT2D eigenvalue weighted by atomic mass is 10.0. The van der Waals surface area contributed by atoms with E-state index >= 15 is 0 Å². The van der Waals surface area contributed by atoms with Crippen LogP contribution in [0.5, 0.6) is 0 Å². The third-order valence-electron chi connectivity index (χ3n) is 0. The Balaban J connectivity index is -0.0000000312. The molecule has 0 aliphatic heterocycles. The van der Waals surface area contributed by atoms with Crippen LogP contribution in [-0.2, 0) is 25.4 Å². The summed E-state index contributed by atoms with van der Waals surface area (Å²) in [6, 6.07) is 0. The van der Waals surface area contributed by atoms with Gasteiger partial charge in [-0.2, -0.15) is 11.8 Å². The number of ether oxygens (including phenoxy) is 1. The highest BCUT2D eigenvalue weighted by Gasteiger charge is 1.95. The van der Waals surface area contributed by atoms with E-state index in [1.54, 1.807) is 38.5 Å². The Bertz CT molecular complexity index is 360. The highest BCUT2D eigenvalue weighted by atomic mass is 32.2. The molecule has 0 saturated heterocycles. The van der Waals surface area contributed by atoms with Crippen LogP contribution < -0.4 is 0 Å². The van der Waals surface area contributed by atoms with E-state index in [9.17, 15) is 12.6 Å². The quantitative estimate of drug-likeness (QED) is 0.295. The molecule has 0 aromatic heterocycles. The molecular weight excluding hydrogens is 499 g/mol. The van der Waals surface area contributed by atoms with Crippen LogP contribution in [0.25, 0.3) is 0 Å². The Labute approximate surface area is 233 Å². The molecular formula is C27H73NO4S3. The van der Waals surface area contributed by atoms with Gasteiger partial charge in [0.15, 0.2) is 0 Å². The van der Waals surface area contributed by atoms with Crippen LogP contribution in [0.4, 0.5) is 0 Å². The molecule has 0 bridgehead atoms. The molecule has 0 amide bonds. The monoisotopic (exact) mass is 571 g/mol. The van der Waals surface area contributed by atoms with Gasteiger partial charge in [-0.1, -0.05) is 89.5 Å². The average molecular weight is 572 g/mol. The SMILES string of the molecule is CC(C)(C)C.CC(C)C.CC(C)C.CCC.CN(C)C.COC.CS(C)(=O)=O.CS(C)=O.CSC. The highest BCUT2D eigenvalue weighted by molar-refractivity contribution is 7.97. The van der Waals surface area contributed by atoms with Gasteiger partial charge < -0.3 is 9.64 Å². The molecule has 5 nitrogen and oxygen atoms in total. The van der Waals surface area contributed by atoms with Crippen molar-refractivity contribution in [2.24, 2.45) is 17.3 Å². The summed E-state index contributed by atoms with van der Waals surface area (Å²) < 4.78 is 33.1. The number of methoxy groups -OCH3 is 1. The van der Waals surface area contributed by atoms with Crippen LogP contribution in [0.2, 0.25) is 0 Å². The molecule has 228 valence electrons. The molecule has 0 aromatic carbocycles. The first-order valence-electron chi connectivity index (χ1n) is 12.0. The first kappa shape index (κ1) is 60.1. The van der Waals surface area contributed by atoms with Crippen molar-refractivity contribution in [3.8, 4) is 0 Å². The van der Waals surface area contributed by atoms with Gasteiger partial charge in [0.1, 0.15) is 9.84 Å². The van der Waals surface area contributed by atoms with Crippen LogP contribution in [0.3, 0.4) is 0 Å². The molecule has 8 heteroatoms. The average Bonchev–Trinajstić information content (AvgIpc) is 2.42. The Kier molecular flexibility index (Phi) is 87.7. The van der Waals surface area contributed by atoms with Crippen LogP contribution in [0.1, 0.15) is 89.5 Å². The first-order chi connectivity index (χ1) is 15.2. The number of nitrogens with zero attached hydrogens (tertiary/aromatic N) is 1. The van der Waals surface area contributed by atoms with E-state index in [-0.39, 0.29) is 0 Å². The molecule has 0 spiro atoms. The summed E-state index contributed by atoms with van der Waals surface area (Å²) in [5, 5.41) is 0. The van der Waals surface area contributed by atoms with Crippen molar-refractivity contribution < 1.29 is 17.4 Å². The third-order valence-corrected chi connectivity index (χ3v) is 0. The van der Waals surface area contributed by atoms with Crippen molar-refractivity contribution in [2.75, 3.05) is 72.9 Å². The van der Waals surface area contributed by atoms with Gasteiger partial charge in [-0.15, -0.1) is 0 Å². The smallest absolute Gasteiger partial charge is 0.144 e. The number of hydrogen-bond acceptors (Lipinski definition) is 6. The Morgan fingerprint density at radius 3 is 0.800 bits per heavy atom. The van der Waals surface area contributed by atoms with Gasteiger partial charge in [-0.25, -0.2) is 8.42 Å². The summed E-state index contributed by atoms with van der Waals surface area (Å²) in [5.74, 6) is 1.67. The summed E-state index contributed by atoms with van der Waals surface area (Å²) in [6.45, 7) is 26.0. The fourth-order valence-electron chi connectivity index (χ4n) is 0. The minimum absolute atomic E-state index is 0.500. The molecule has 0 heterocycles. The van der Waals surface area contributed by atoms with E-state index in [2.05, 4.69) is 87.8 Å². The van der Waals surface area contributed by atoms with E-state index in [1.165, 1.54) is 6.42 Å². The van der Waals surface area contributed by atoms with E-state index < -0.39 is 20.6 Å². The number of sulfone groups is 1. The largest absolute Gasteiger partial charge is 0.388 e. The lowest BCUT2D eigenvalue weighted by Crippen LogP contribution is -1.99. The molecule has 0 atom stereocenters. The molecule has 0 fully saturated rings. The molecule has 0 unspecified atom stereocenters. The van der Waals surface area contributed by atoms with Crippen molar-refractivity contribution in [1.29, 1.82) is 0 Å². The molecule has 35 heavy (non-hydrogen) atoms. The maximum atomic E-state index is 9.63. The third kappa shape index (κ3) is 263000. The fourth-order valence-corrected chi connectivity index (χ4v) is 0. The van der Waals surface area contributed by atoms with Crippen molar-refractivity contribution in [3.63, 3.8) is 0 Å². The van der Waals surface area contributed by atoms with Crippen molar-refractivity contribution >= 4 is 32.4 Å². The zero-order chi connectivity index (χ0) is 31.4. The van der Waals surface area contributed by atoms with Gasteiger partial charge in [0, 0.05) is 50.0 Å². The summed E-state index contributed by atoms with van der Waals surface area (Å²) >= 11 is 1.75. The van der Waals surface area contributed by atoms with Gasteiger partial charge in [0.05, 0.1) is 0 Å². The normalized spacial score (nSPS) is 9.00. The second kappa shape index (κ2) is 51.1. The summed E-state index contributed by atoms with van der Waals surface area (Å²) in [4.78, 5) is 2.00. The van der Waals surface area contributed by atoms with Gasteiger partial charge >= 0.3 is 0 Å². The number of thioether (sulfide) groups is 1. The predicted molar refractivity (Wildman–Crippen MR) is 175 cm³/mol. The van der Waals surface area contributed by atoms with Crippen LogP contribution in [-0.4, -0.2) is 90.4 Å². The number of hydrogen-bond donors (Lipinski definition) is 0. The highest BCUT2D eigenvalue weighted by Crippen LogP contribution is 2.08. The minimum atomic E-state index is -2.67. The topological polar surface area (TPSA) is 63.7 Å². The van der Waals surface area contributed by atoms with E-state index in [0.29, 0.717) is 5.41 Å². The zero-order valence-corrected chi connectivity index (χ0v) is 31.1. The molecule has 0 radical (unpaired) electrons. The minimum Gasteiger partial charge on any atom is -0.388 e. The predicted octanol–water partition coefficient (Wildman–Crippen LogP) is 7.87. The molecule has 0 aliphatic rings. The molecule has 0 aliphatic carbocycles. The van der Waals surface area contributed by atoms with E-state index in [4.69, 9.17) is 0 Å². The summed E-state index contributed by atoms with van der Waals surface area (Å²) in [5.41, 5.74) is 0.500. The first-order valence-corrected chi connectivity index (χ1v) is 17.9. The summed E-state index contributed by atoms with van der Waals surface area (Å²) in [7, 11) is 5.97. The van der Waals surface area contributed by atoms with Crippen LogP contribution in [0, 0.1) is 17.3 Å². The summed E-state index contributed by atoms with van der Waals surface area (Å²) in [6.07, 6.45) is 10.9. The van der Waals surface area contributed by atoms with E-state index in [1.807, 2.05) is 38.6 Å². The van der Waals surface area contributed by atoms with Crippen molar-refractivity contribution in [2.45, 2.75) is 89.5 Å². The Morgan fingerprint density at radius 1 is 0.800 bits per heavy atom. The maximum Gasteiger partial charge on any atom is 0.144 e. The fraction of sp³-hybridized carbons (Fsp3) is 1.00. The maximum absolute atomic E-state index is 9.63. The lowest BCUT2D eigenvalue weighted by molar-refractivity contribution is 0.277. The molecule has 0 rings (SSSR count). The van der Waals surface area contributed by atoms with Crippen LogP contribution in [0.15, 0.2) is 0 Å². The van der Waals surface area contributed by atoms with Gasteiger partial charge in [0.25, 0.3) is 0 Å². The Morgan fingerprint density at radius 2 is 0.800 bits per heavy atom. The molecule has 0 N–H and O–H groups in total. The van der Waals surface area contributed by atoms with Gasteiger partial charge in [-0.3, -0.25) is 4.21 Å².